The molecule has 0 aromatic carbocycles. The fraction of sp³-hybridized carbons (Fsp3) is 0.571. The quantitative estimate of drug-likeness (QED) is 0.755. The third-order valence-corrected chi connectivity index (χ3v) is 4.36. The van der Waals surface area contributed by atoms with Crippen LogP contribution in [0.3, 0.4) is 0 Å². The van der Waals surface area contributed by atoms with Crippen molar-refractivity contribution in [3.63, 3.8) is 0 Å². The van der Waals surface area contributed by atoms with Crippen molar-refractivity contribution < 1.29 is 9.53 Å². The van der Waals surface area contributed by atoms with Crippen molar-refractivity contribution in [2.75, 3.05) is 44.3 Å². The minimum Gasteiger partial charge on any atom is -0.378 e. The first kappa shape index (κ1) is 13.4. The maximum Gasteiger partial charge on any atom is 0.229 e. The summed E-state index contributed by atoms with van der Waals surface area (Å²) in [5.41, 5.74) is 0.813. The van der Waals surface area contributed by atoms with Crippen molar-refractivity contribution in [2.24, 2.45) is 13.0 Å². The fourth-order valence-corrected chi connectivity index (χ4v) is 3.05. The van der Waals surface area contributed by atoms with Crippen LogP contribution in [-0.2, 0) is 16.6 Å². The third kappa shape index (κ3) is 2.10. The van der Waals surface area contributed by atoms with Crippen molar-refractivity contribution in [2.45, 2.75) is 0 Å². The molecular formula is C14H18N6O2. The van der Waals surface area contributed by atoms with Crippen LogP contribution in [-0.4, -0.2) is 69.9 Å². The third-order valence-electron chi connectivity index (χ3n) is 4.36. The van der Waals surface area contributed by atoms with Gasteiger partial charge >= 0.3 is 0 Å². The first-order valence-corrected chi connectivity index (χ1v) is 7.48. The molecule has 0 radical (unpaired) electrons. The molecule has 8 heteroatoms. The molecule has 1 amide bonds. The SMILES string of the molecule is Cn1ncc2c(N3CC(C(=O)N4CCOCC4)C3)ncnc21. The number of fused-ring (bicyclic) bond motifs is 1. The Labute approximate surface area is 127 Å². The van der Waals surface area contributed by atoms with Crippen LogP contribution in [0.1, 0.15) is 0 Å². The Hall–Kier alpha value is -2.22. The number of aromatic nitrogens is 4. The molecule has 22 heavy (non-hydrogen) atoms. The average molecular weight is 302 g/mol. The molecule has 4 heterocycles. The smallest absolute Gasteiger partial charge is 0.229 e. The molecule has 0 aliphatic carbocycles. The summed E-state index contributed by atoms with van der Waals surface area (Å²) in [6.07, 6.45) is 3.33. The van der Waals surface area contributed by atoms with Gasteiger partial charge in [-0.3, -0.25) is 9.48 Å². The number of hydrogen-bond acceptors (Lipinski definition) is 6. The molecule has 0 spiro atoms. The standard InChI is InChI=1S/C14H18N6O2/c1-18-12-11(6-17-18)13(16-9-15-12)20-7-10(8-20)14(21)19-2-4-22-5-3-19/h6,9-10H,2-5,7-8H2,1H3. The molecule has 2 aliphatic heterocycles. The van der Waals surface area contributed by atoms with Gasteiger partial charge in [0.25, 0.3) is 0 Å². The van der Waals surface area contributed by atoms with E-state index in [9.17, 15) is 4.79 Å². The van der Waals surface area contributed by atoms with Crippen LogP contribution in [0.2, 0.25) is 0 Å². The van der Waals surface area contributed by atoms with E-state index in [1.165, 1.54) is 0 Å². The second-order valence-corrected chi connectivity index (χ2v) is 5.74. The second-order valence-electron chi connectivity index (χ2n) is 5.74. The molecule has 4 rings (SSSR count). The molecule has 2 fully saturated rings. The Kier molecular flexibility index (Phi) is 3.18. The number of carbonyl (C=O) groups excluding carboxylic acids is 1. The van der Waals surface area contributed by atoms with Gasteiger partial charge < -0.3 is 14.5 Å². The lowest BCUT2D eigenvalue weighted by atomic mass is 9.98. The van der Waals surface area contributed by atoms with E-state index in [0.29, 0.717) is 39.4 Å². The van der Waals surface area contributed by atoms with Crippen LogP contribution < -0.4 is 4.90 Å². The van der Waals surface area contributed by atoms with Gasteiger partial charge in [-0.05, 0) is 0 Å². The lowest BCUT2D eigenvalue weighted by molar-refractivity contribution is -0.140. The highest BCUT2D eigenvalue weighted by Crippen LogP contribution is 2.29. The zero-order valence-corrected chi connectivity index (χ0v) is 12.5. The Bertz CT molecular complexity index is 702. The van der Waals surface area contributed by atoms with E-state index >= 15 is 0 Å². The van der Waals surface area contributed by atoms with E-state index in [2.05, 4.69) is 20.0 Å². The molecule has 116 valence electrons. The van der Waals surface area contributed by atoms with Gasteiger partial charge in [0.2, 0.25) is 5.91 Å². The lowest BCUT2D eigenvalue weighted by Crippen LogP contribution is -2.56. The van der Waals surface area contributed by atoms with Crippen LogP contribution in [0, 0.1) is 5.92 Å². The zero-order chi connectivity index (χ0) is 15.1. The fourth-order valence-electron chi connectivity index (χ4n) is 3.05. The average Bonchev–Trinajstić information content (AvgIpc) is 2.89. The molecule has 0 bridgehead atoms. The molecular weight excluding hydrogens is 284 g/mol. The number of anilines is 1. The van der Waals surface area contributed by atoms with Crippen LogP contribution in [0.5, 0.6) is 0 Å². The van der Waals surface area contributed by atoms with Gasteiger partial charge in [-0.15, -0.1) is 0 Å². The van der Waals surface area contributed by atoms with Gasteiger partial charge in [-0.25, -0.2) is 9.97 Å². The highest BCUT2D eigenvalue weighted by Gasteiger charge is 2.37. The summed E-state index contributed by atoms with van der Waals surface area (Å²) in [4.78, 5) is 25.1. The number of ether oxygens (including phenoxy) is 1. The largest absolute Gasteiger partial charge is 0.378 e. The van der Waals surface area contributed by atoms with Crippen molar-refractivity contribution in [1.82, 2.24) is 24.6 Å². The van der Waals surface area contributed by atoms with E-state index in [1.54, 1.807) is 17.2 Å². The Morgan fingerprint density at radius 2 is 2.05 bits per heavy atom. The molecule has 8 nitrogen and oxygen atoms in total. The maximum absolute atomic E-state index is 12.4. The minimum absolute atomic E-state index is 0.0554. The highest BCUT2D eigenvalue weighted by atomic mass is 16.5. The number of nitrogens with zero attached hydrogens (tertiary/aromatic N) is 6. The number of amides is 1. The summed E-state index contributed by atoms with van der Waals surface area (Å²) < 4.78 is 7.02. The Balaban J connectivity index is 1.47. The van der Waals surface area contributed by atoms with Crippen LogP contribution >= 0.6 is 0 Å². The van der Waals surface area contributed by atoms with Gasteiger partial charge in [0.15, 0.2) is 5.65 Å². The summed E-state index contributed by atoms with van der Waals surface area (Å²) in [6.45, 7) is 4.11. The van der Waals surface area contributed by atoms with E-state index in [0.717, 1.165) is 16.9 Å². The summed E-state index contributed by atoms with van der Waals surface area (Å²) in [5, 5.41) is 5.16. The maximum atomic E-state index is 12.4. The predicted octanol–water partition coefficient (Wildman–Crippen LogP) is -0.342. The van der Waals surface area contributed by atoms with Gasteiger partial charge in [-0.2, -0.15) is 5.10 Å². The first-order chi connectivity index (χ1) is 10.7. The van der Waals surface area contributed by atoms with Crippen LogP contribution in [0.4, 0.5) is 5.82 Å². The van der Waals surface area contributed by atoms with Crippen molar-refractivity contribution in [1.29, 1.82) is 0 Å². The Morgan fingerprint density at radius 3 is 2.82 bits per heavy atom. The number of morpholine rings is 1. The normalized spacial score (nSPS) is 19.5. The first-order valence-electron chi connectivity index (χ1n) is 7.48. The van der Waals surface area contributed by atoms with Gasteiger partial charge in [-0.1, -0.05) is 0 Å². The molecule has 2 aromatic heterocycles. The van der Waals surface area contributed by atoms with Crippen molar-refractivity contribution in [3.8, 4) is 0 Å². The van der Waals surface area contributed by atoms with Gasteiger partial charge in [0.1, 0.15) is 12.1 Å². The topological polar surface area (TPSA) is 76.4 Å². The molecule has 2 aliphatic rings. The lowest BCUT2D eigenvalue weighted by Gasteiger charge is -2.42. The minimum atomic E-state index is 0.0554. The van der Waals surface area contributed by atoms with Crippen molar-refractivity contribution in [3.05, 3.63) is 12.5 Å². The number of aryl methyl sites for hydroxylation is 1. The van der Waals surface area contributed by atoms with E-state index in [-0.39, 0.29) is 11.8 Å². The van der Waals surface area contributed by atoms with Gasteiger partial charge in [0.05, 0.1) is 30.7 Å². The second kappa shape index (κ2) is 5.20. The van der Waals surface area contributed by atoms with Gasteiger partial charge in [0, 0.05) is 33.2 Å². The molecule has 0 saturated carbocycles. The predicted molar refractivity (Wildman–Crippen MR) is 79.4 cm³/mol. The molecule has 2 saturated heterocycles. The molecule has 0 N–H and O–H groups in total. The summed E-state index contributed by atoms with van der Waals surface area (Å²) in [6, 6.07) is 0. The van der Waals surface area contributed by atoms with E-state index in [4.69, 9.17) is 4.74 Å². The highest BCUT2D eigenvalue weighted by molar-refractivity contribution is 5.89. The zero-order valence-electron chi connectivity index (χ0n) is 12.5. The number of rotatable bonds is 2. The van der Waals surface area contributed by atoms with Crippen molar-refractivity contribution >= 4 is 22.8 Å². The summed E-state index contributed by atoms with van der Waals surface area (Å²) in [7, 11) is 1.86. The molecule has 0 unspecified atom stereocenters. The number of hydrogen-bond donors (Lipinski definition) is 0. The Morgan fingerprint density at radius 1 is 1.27 bits per heavy atom. The van der Waals surface area contributed by atoms with E-state index in [1.807, 2.05) is 11.9 Å². The molecule has 0 atom stereocenters. The van der Waals surface area contributed by atoms with E-state index < -0.39 is 0 Å². The van der Waals surface area contributed by atoms with Crippen LogP contribution in [0.15, 0.2) is 12.5 Å². The van der Waals surface area contributed by atoms with Crippen LogP contribution in [0.25, 0.3) is 11.0 Å². The summed E-state index contributed by atoms with van der Waals surface area (Å²) in [5.74, 6) is 1.15. The number of carbonyl (C=O) groups is 1. The summed E-state index contributed by atoms with van der Waals surface area (Å²) >= 11 is 0. The molecule has 2 aromatic rings. The monoisotopic (exact) mass is 302 g/mol.